The van der Waals surface area contributed by atoms with E-state index in [1.54, 1.807) is 12.1 Å². The fourth-order valence-corrected chi connectivity index (χ4v) is 1.18. The summed E-state index contributed by atoms with van der Waals surface area (Å²) in [4.78, 5) is 0. The van der Waals surface area contributed by atoms with Crippen molar-refractivity contribution < 1.29 is 4.39 Å². The van der Waals surface area contributed by atoms with Gasteiger partial charge in [-0.2, -0.15) is 0 Å². The van der Waals surface area contributed by atoms with Crippen molar-refractivity contribution >= 4 is 5.70 Å². The number of hydrogen-bond acceptors (Lipinski definition) is 2. The summed E-state index contributed by atoms with van der Waals surface area (Å²) >= 11 is 0. The quantitative estimate of drug-likeness (QED) is 0.793. The van der Waals surface area contributed by atoms with Crippen molar-refractivity contribution in [1.82, 2.24) is 5.32 Å². The highest BCUT2D eigenvalue weighted by molar-refractivity contribution is 5.64. The fraction of sp³-hybridized carbons (Fsp3) is 0.167. The molecule has 0 fully saturated rings. The van der Waals surface area contributed by atoms with E-state index in [0.717, 1.165) is 17.0 Å². The van der Waals surface area contributed by atoms with Gasteiger partial charge in [0.2, 0.25) is 0 Å². The van der Waals surface area contributed by atoms with Crippen LogP contribution < -0.4 is 11.1 Å². The maximum Gasteiger partial charge on any atom is 0.123 e. The van der Waals surface area contributed by atoms with Crippen molar-refractivity contribution in [2.45, 2.75) is 6.92 Å². The van der Waals surface area contributed by atoms with Crippen LogP contribution in [-0.2, 0) is 0 Å². The maximum atomic E-state index is 12.7. The van der Waals surface area contributed by atoms with E-state index < -0.39 is 0 Å². The summed E-state index contributed by atoms with van der Waals surface area (Å²) in [5.74, 6) is -0.244. The maximum absolute atomic E-state index is 12.7. The Morgan fingerprint density at radius 1 is 1.47 bits per heavy atom. The van der Waals surface area contributed by atoms with Crippen LogP contribution in [0, 0.1) is 5.82 Å². The van der Waals surface area contributed by atoms with Crippen LogP contribution in [0.1, 0.15) is 12.5 Å². The first-order valence-electron chi connectivity index (χ1n) is 4.74. The summed E-state index contributed by atoms with van der Waals surface area (Å²) < 4.78 is 12.7. The molecule has 0 aromatic heterocycles. The van der Waals surface area contributed by atoms with E-state index in [1.807, 2.05) is 13.0 Å². The Bertz CT molecular complexity index is 366. The highest BCUT2D eigenvalue weighted by Gasteiger charge is 2.01. The Morgan fingerprint density at radius 2 is 2.07 bits per heavy atom. The molecule has 1 rings (SSSR count). The van der Waals surface area contributed by atoms with Gasteiger partial charge in [0.15, 0.2) is 0 Å². The fourth-order valence-electron chi connectivity index (χ4n) is 1.18. The van der Waals surface area contributed by atoms with Gasteiger partial charge in [-0.3, -0.25) is 0 Å². The molecule has 0 aliphatic rings. The summed E-state index contributed by atoms with van der Waals surface area (Å²) in [5, 5.41) is 3.07. The normalized spacial score (nSPS) is 11.3. The zero-order chi connectivity index (χ0) is 11.3. The first-order valence-corrected chi connectivity index (χ1v) is 4.74. The predicted octanol–water partition coefficient (Wildman–Crippen LogP) is 2.25. The molecule has 0 aliphatic heterocycles. The van der Waals surface area contributed by atoms with E-state index in [4.69, 9.17) is 5.73 Å². The van der Waals surface area contributed by atoms with Gasteiger partial charge in [0.25, 0.3) is 0 Å². The predicted molar refractivity (Wildman–Crippen MR) is 61.4 cm³/mol. The van der Waals surface area contributed by atoms with E-state index in [2.05, 4.69) is 11.9 Å². The van der Waals surface area contributed by atoms with Crippen molar-refractivity contribution in [1.29, 1.82) is 0 Å². The van der Waals surface area contributed by atoms with Crippen LogP contribution in [-0.4, -0.2) is 6.54 Å². The van der Waals surface area contributed by atoms with E-state index in [0.29, 0.717) is 6.54 Å². The second kappa shape index (κ2) is 5.32. The molecule has 0 saturated heterocycles. The number of nitrogens with two attached hydrogens (primary N) is 1. The molecule has 80 valence electrons. The molecule has 0 spiro atoms. The van der Waals surface area contributed by atoms with E-state index >= 15 is 0 Å². The lowest BCUT2D eigenvalue weighted by molar-refractivity contribution is 0.627. The molecule has 0 amide bonds. The Hall–Kier alpha value is -1.61. The summed E-state index contributed by atoms with van der Waals surface area (Å²) in [5.41, 5.74) is 7.95. The average molecular weight is 206 g/mol. The van der Waals surface area contributed by atoms with Gasteiger partial charge in [-0.15, -0.1) is 0 Å². The van der Waals surface area contributed by atoms with Gasteiger partial charge in [-0.05, 0) is 24.6 Å². The molecule has 1 aromatic rings. The molecule has 0 bridgehead atoms. The van der Waals surface area contributed by atoms with Gasteiger partial charge >= 0.3 is 0 Å². The van der Waals surface area contributed by atoms with E-state index in [-0.39, 0.29) is 5.82 Å². The third-order valence-electron chi connectivity index (χ3n) is 2.00. The summed E-state index contributed by atoms with van der Waals surface area (Å²) in [6, 6.07) is 6.26. The number of hydrogen-bond donors (Lipinski definition) is 2. The summed E-state index contributed by atoms with van der Waals surface area (Å²) in [7, 11) is 0. The lowest BCUT2D eigenvalue weighted by Crippen LogP contribution is -2.17. The van der Waals surface area contributed by atoms with Gasteiger partial charge in [-0.25, -0.2) is 4.39 Å². The molecule has 3 heteroatoms. The Balaban J connectivity index is 2.84. The third kappa shape index (κ3) is 3.22. The van der Waals surface area contributed by atoms with Crippen LogP contribution in [0.5, 0.6) is 0 Å². The van der Waals surface area contributed by atoms with Crippen LogP contribution >= 0.6 is 0 Å². The van der Waals surface area contributed by atoms with Crippen LogP contribution in [0.3, 0.4) is 0 Å². The lowest BCUT2D eigenvalue weighted by Gasteiger charge is -2.11. The number of halogens is 1. The Labute approximate surface area is 89.3 Å². The smallest absolute Gasteiger partial charge is 0.123 e. The SMILES string of the molecule is C=C(CN)N/C(=C\C)c1ccc(F)cc1. The van der Waals surface area contributed by atoms with Crippen molar-refractivity contribution in [3.05, 3.63) is 54.0 Å². The third-order valence-corrected chi connectivity index (χ3v) is 2.00. The molecule has 2 nitrogen and oxygen atoms in total. The molecule has 1 aromatic carbocycles. The number of nitrogens with one attached hydrogen (secondary N) is 1. The number of rotatable bonds is 4. The van der Waals surface area contributed by atoms with Crippen LogP contribution in [0.15, 0.2) is 42.6 Å². The topological polar surface area (TPSA) is 38.0 Å². The van der Waals surface area contributed by atoms with Gasteiger partial charge < -0.3 is 11.1 Å². The minimum Gasteiger partial charge on any atom is -0.358 e. The molecule has 0 saturated carbocycles. The van der Waals surface area contributed by atoms with E-state index in [1.165, 1.54) is 12.1 Å². The monoisotopic (exact) mass is 206 g/mol. The lowest BCUT2D eigenvalue weighted by atomic mass is 10.1. The van der Waals surface area contributed by atoms with Crippen molar-refractivity contribution in [3.8, 4) is 0 Å². The standard InChI is InChI=1S/C12H15FN2/c1-3-12(15-9(2)8-14)10-4-6-11(13)7-5-10/h3-7,15H,2,8,14H2,1H3/b12-3-. The molecule has 3 N–H and O–H groups in total. The average Bonchev–Trinajstić information content (AvgIpc) is 2.27. The van der Waals surface area contributed by atoms with Crippen LogP contribution in [0.4, 0.5) is 4.39 Å². The first kappa shape index (κ1) is 11.5. The number of allylic oxidation sites excluding steroid dienone is 1. The molecule has 0 heterocycles. The largest absolute Gasteiger partial charge is 0.358 e. The van der Waals surface area contributed by atoms with Gasteiger partial charge in [0.1, 0.15) is 5.82 Å². The van der Waals surface area contributed by atoms with Crippen molar-refractivity contribution in [3.63, 3.8) is 0 Å². The minimum absolute atomic E-state index is 0.244. The minimum atomic E-state index is -0.244. The van der Waals surface area contributed by atoms with Gasteiger partial charge in [-0.1, -0.05) is 24.8 Å². The number of benzene rings is 1. The van der Waals surface area contributed by atoms with Gasteiger partial charge in [0, 0.05) is 17.9 Å². The van der Waals surface area contributed by atoms with Crippen molar-refractivity contribution in [2.24, 2.45) is 5.73 Å². The zero-order valence-electron chi connectivity index (χ0n) is 8.76. The molecule has 0 unspecified atom stereocenters. The van der Waals surface area contributed by atoms with Gasteiger partial charge in [0.05, 0.1) is 0 Å². The van der Waals surface area contributed by atoms with Crippen LogP contribution in [0.25, 0.3) is 5.70 Å². The second-order valence-electron chi connectivity index (χ2n) is 3.14. The molecular formula is C12H15FN2. The molecule has 0 aliphatic carbocycles. The Morgan fingerprint density at radius 3 is 2.53 bits per heavy atom. The molecule has 0 atom stereocenters. The summed E-state index contributed by atoms with van der Waals surface area (Å²) in [6.45, 7) is 6.02. The first-order chi connectivity index (χ1) is 7.17. The highest BCUT2D eigenvalue weighted by Crippen LogP contribution is 2.13. The van der Waals surface area contributed by atoms with Crippen LogP contribution in [0.2, 0.25) is 0 Å². The van der Waals surface area contributed by atoms with Crippen molar-refractivity contribution in [2.75, 3.05) is 6.54 Å². The molecule has 0 radical (unpaired) electrons. The summed E-state index contributed by atoms with van der Waals surface area (Å²) in [6.07, 6.45) is 1.90. The molecule has 15 heavy (non-hydrogen) atoms. The zero-order valence-corrected chi connectivity index (χ0v) is 8.76. The second-order valence-corrected chi connectivity index (χ2v) is 3.14. The molecular weight excluding hydrogens is 191 g/mol. The highest BCUT2D eigenvalue weighted by atomic mass is 19.1. The Kier molecular flexibility index (Phi) is 4.06. The van der Waals surface area contributed by atoms with E-state index in [9.17, 15) is 4.39 Å².